The third-order valence-electron chi connectivity index (χ3n) is 3.17. The quantitative estimate of drug-likeness (QED) is 0.931. The lowest BCUT2D eigenvalue weighted by Gasteiger charge is -2.27. The van der Waals surface area contributed by atoms with Gasteiger partial charge in [-0.3, -0.25) is 9.58 Å². The van der Waals surface area contributed by atoms with Crippen LogP contribution in [0.15, 0.2) is 22.1 Å². The van der Waals surface area contributed by atoms with Crippen molar-refractivity contribution in [3.8, 4) is 0 Å². The number of nitrogens with zero attached hydrogens (tertiary/aromatic N) is 3. The maximum atomic E-state index is 10.9. The van der Waals surface area contributed by atoms with Gasteiger partial charge in [0.15, 0.2) is 0 Å². The summed E-state index contributed by atoms with van der Waals surface area (Å²) in [6.45, 7) is 3.41. The largest absolute Gasteiger partial charge is 0.477 e. The topological polar surface area (TPSA) is 58.4 Å². The average Bonchev–Trinajstić information content (AvgIpc) is 2.98. The highest BCUT2D eigenvalue weighted by Crippen LogP contribution is 2.23. The Morgan fingerprint density at radius 1 is 1.53 bits per heavy atom. The lowest BCUT2D eigenvalue weighted by molar-refractivity contribution is 0.0702. The molecule has 3 heterocycles. The second kappa shape index (κ2) is 5.07. The van der Waals surface area contributed by atoms with Gasteiger partial charge < -0.3 is 5.11 Å². The van der Waals surface area contributed by atoms with E-state index >= 15 is 0 Å². The van der Waals surface area contributed by atoms with Crippen LogP contribution in [0, 0.1) is 0 Å². The fourth-order valence-corrected chi connectivity index (χ4v) is 3.39. The number of hydrogen-bond donors (Lipinski definition) is 1. The molecule has 19 heavy (non-hydrogen) atoms. The van der Waals surface area contributed by atoms with E-state index in [1.807, 2.05) is 16.3 Å². The zero-order valence-electron chi connectivity index (χ0n) is 10.0. The molecular formula is C12H12BrN3O2S. The first-order chi connectivity index (χ1) is 9.13. The molecule has 2 aromatic rings. The Morgan fingerprint density at radius 2 is 2.37 bits per heavy atom. The summed E-state index contributed by atoms with van der Waals surface area (Å²) in [5.41, 5.74) is 2.24. The number of fused-ring (bicyclic) bond motifs is 1. The van der Waals surface area contributed by atoms with E-state index in [-0.39, 0.29) is 0 Å². The number of thiophene rings is 1. The van der Waals surface area contributed by atoms with E-state index in [4.69, 9.17) is 5.11 Å². The lowest BCUT2D eigenvalue weighted by atomic mass is 10.2. The third-order valence-corrected chi connectivity index (χ3v) is 4.80. The van der Waals surface area contributed by atoms with Gasteiger partial charge in [0.2, 0.25) is 0 Å². The molecule has 1 aliphatic rings. The first-order valence-electron chi connectivity index (χ1n) is 5.87. The second-order valence-electron chi connectivity index (χ2n) is 4.50. The first-order valence-corrected chi connectivity index (χ1v) is 7.54. The van der Waals surface area contributed by atoms with Crippen molar-refractivity contribution >= 4 is 33.2 Å². The van der Waals surface area contributed by atoms with Crippen molar-refractivity contribution in [2.45, 2.75) is 19.6 Å². The molecule has 0 saturated carbocycles. The van der Waals surface area contributed by atoms with Crippen molar-refractivity contribution in [1.82, 2.24) is 14.7 Å². The molecule has 2 aromatic heterocycles. The fraction of sp³-hybridized carbons (Fsp3) is 0.333. The number of carboxylic acid groups (broad SMARTS) is 1. The monoisotopic (exact) mass is 341 g/mol. The maximum absolute atomic E-state index is 10.9. The Bertz CT molecular complexity index is 622. The van der Waals surface area contributed by atoms with Crippen LogP contribution in [0.1, 0.15) is 20.9 Å². The summed E-state index contributed by atoms with van der Waals surface area (Å²) in [4.78, 5) is 13.6. The van der Waals surface area contributed by atoms with E-state index in [2.05, 4.69) is 25.9 Å². The summed E-state index contributed by atoms with van der Waals surface area (Å²) >= 11 is 4.79. The van der Waals surface area contributed by atoms with Crippen LogP contribution in [0.4, 0.5) is 0 Å². The zero-order chi connectivity index (χ0) is 13.4. The van der Waals surface area contributed by atoms with E-state index < -0.39 is 5.97 Å². The Kier molecular flexibility index (Phi) is 3.42. The van der Waals surface area contributed by atoms with E-state index in [1.54, 1.807) is 6.07 Å². The van der Waals surface area contributed by atoms with Crippen molar-refractivity contribution < 1.29 is 9.90 Å². The molecule has 0 radical (unpaired) electrons. The van der Waals surface area contributed by atoms with Crippen LogP contribution in [-0.2, 0) is 19.6 Å². The normalized spacial score (nSPS) is 15.4. The van der Waals surface area contributed by atoms with Gasteiger partial charge in [0, 0.05) is 19.6 Å². The van der Waals surface area contributed by atoms with Crippen LogP contribution in [0.2, 0.25) is 0 Å². The minimum atomic E-state index is -0.851. The Morgan fingerprint density at radius 3 is 3.11 bits per heavy atom. The fourth-order valence-electron chi connectivity index (χ4n) is 2.23. The van der Waals surface area contributed by atoms with Gasteiger partial charge in [-0.2, -0.15) is 5.10 Å². The smallest absolute Gasteiger partial charge is 0.345 e. The minimum Gasteiger partial charge on any atom is -0.477 e. The second-order valence-corrected chi connectivity index (χ2v) is 6.26. The SMILES string of the molecule is O=C(O)c1cc(CN2CCn3ncc(Br)c3C2)cs1. The number of carboxylic acids is 1. The molecule has 0 atom stereocenters. The predicted molar refractivity (Wildman–Crippen MR) is 75.3 cm³/mol. The average molecular weight is 342 g/mol. The Balaban J connectivity index is 1.71. The summed E-state index contributed by atoms with van der Waals surface area (Å²) in [6, 6.07) is 1.76. The highest BCUT2D eigenvalue weighted by molar-refractivity contribution is 9.10. The maximum Gasteiger partial charge on any atom is 0.345 e. The Hall–Kier alpha value is -1.18. The van der Waals surface area contributed by atoms with Crippen LogP contribution in [0.3, 0.4) is 0 Å². The highest BCUT2D eigenvalue weighted by atomic mass is 79.9. The molecule has 5 nitrogen and oxygen atoms in total. The van der Waals surface area contributed by atoms with E-state index in [9.17, 15) is 4.79 Å². The van der Waals surface area contributed by atoms with Crippen LogP contribution in [0.25, 0.3) is 0 Å². The molecule has 3 rings (SSSR count). The summed E-state index contributed by atoms with van der Waals surface area (Å²) in [5, 5.41) is 15.1. The Labute approximate surface area is 122 Å². The molecule has 0 unspecified atom stereocenters. The highest BCUT2D eigenvalue weighted by Gasteiger charge is 2.20. The number of aromatic nitrogens is 2. The standard InChI is InChI=1S/C12H12BrN3O2S/c13-9-4-14-16-2-1-15(6-10(9)16)5-8-3-11(12(17)18)19-7-8/h3-4,7H,1-2,5-6H2,(H,17,18). The zero-order valence-corrected chi connectivity index (χ0v) is 12.4. The van der Waals surface area contributed by atoms with Crippen molar-refractivity contribution in [3.05, 3.63) is 38.3 Å². The molecule has 7 heteroatoms. The number of halogens is 1. The van der Waals surface area contributed by atoms with Gasteiger partial charge in [-0.25, -0.2) is 4.79 Å². The number of aromatic carboxylic acids is 1. The molecule has 0 aromatic carbocycles. The summed E-state index contributed by atoms with van der Waals surface area (Å²) in [5.74, 6) is -0.851. The molecule has 0 amide bonds. The van der Waals surface area contributed by atoms with E-state index in [0.717, 1.165) is 36.2 Å². The molecule has 0 saturated heterocycles. The minimum absolute atomic E-state index is 0.401. The van der Waals surface area contributed by atoms with Crippen molar-refractivity contribution in [2.75, 3.05) is 6.54 Å². The van der Waals surface area contributed by atoms with Gasteiger partial charge in [-0.1, -0.05) is 0 Å². The molecule has 1 N–H and O–H groups in total. The number of hydrogen-bond acceptors (Lipinski definition) is 4. The first kappa shape index (κ1) is 12.8. The summed E-state index contributed by atoms with van der Waals surface area (Å²) < 4.78 is 3.05. The molecule has 0 aliphatic carbocycles. The van der Waals surface area contributed by atoms with Crippen LogP contribution in [-0.4, -0.2) is 32.3 Å². The van der Waals surface area contributed by atoms with Gasteiger partial charge in [-0.15, -0.1) is 11.3 Å². The summed E-state index contributed by atoms with van der Waals surface area (Å²) in [7, 11) is 0. The van der Waals surface area contributed by atoms with Gasteiger partial charge in [0.05, 0.1) is 22.9 Å². The van der Waals surface area contributed by atoms with Crippen LogP contribution < -0.4 is 0 Å². The third kappa shape index (κ3) is 2.58. The molecule has 1 aliphatic heterocycles. The van der Waals surface area contributed by atoms with Crippen molar-refractivity contribution in [1.29, 1.82) is 0 Å². The van der Waals surface area contributed by atoms with Crippen LogP contribution in [0.5, 0.6) is 0 Å². The molecule has 0 spiro atoms. The molecule has 0 fully saturated rings. The molecule has 100 valence electrons. The summed E-state index contributed by atoms with van der Waals surface area (Å²) in [6.07, 6.45) is 1.83. The lowest BCUT2D eigenvalue weighted by Crippen LogP contribution is -2.33. The van der Waals surface area contributed by atoms with E-state index in [1.165, 1.54) is 17.0 Å². The van der Waals surface area contributed by atoms with Crippen molar-refractivity contribution in [2.24, 2.45) is 0 Å². The van der Waals surface area contributed by atoms with Crippen molar-refractivity contribution in [3.63, 3.8) is 0 Å². The van der Waals surface area contributed by atoms with Gasteiger partial charge in [0.1, 0.15) is 4.88 Å². The number of carbonyl (C=O) groups is 1. The molecular weight excluding hydrogens is 330 g/mol. The van der Waals surface area contributed by atoms with Gasteiger partial charge >= 0.3 is 5.97 Å². The number of rotatable bonds is 3. The van der Waals surface area contributed by atoms with Gasteiger partial charge in [-0.05, 0) is 32.9 Å². The predicted octanol–water partition coefficient (Wildman–Crippen LogP) is 2.42. The van der Waals surface area contributed by atoms with E-state index in [0.29, 0.717) is 4.88 Å². The van der Waals surface area contributed by atoms with Crippen LogP contribution >= 0.6 is 27.3 Å². The molecule has 0 bridgehead atoms. The van der Waals surface area contributed by atoms with Gasteiger partial charge in [0.25, 0.3) is 0 Å².